The third-order valence-corrected chi connectivity index (χ3v) is 4.52. The van der Waals surface area contributed by atoms with Crippen molar-refractivity contribution in [2.45, 2.75) is 33.4 Å². The molecule has 0 aromatic heterocycles. The Morgan fingerprint density at radius 2 is 1.64 bits per heavy atom. The average Bonchev–Trinajstić information content (AvgIpc) is 2.68. The Labute approximate surface area is 163 Å². The lowest BCUT2D eigenvalue weighted by atomic mass is 10.1. The van der Waals surface area contributed by atoms with Gasteiger partial charge in [-0.1, -0.05) is 32.0 Å². The second-order valence-electron chi connectivity index (χ2n) is 6.96. The molecule has 1 atom stereocenters. The monoisotopic (exact) mass is 389 g/mol. The first-order valence-corrected chi connectivity index (χ1v) is 9.04. The van der Waals surface area contributed by atoms with Crippen molar-refractivity contribution < 1.29 is 18.4 Å². The van der Waals surface area contributed by atoms with E-state index in [4.69, 9.17) is 0 Å². The SMILES string of the molecule is CC(C)C(=O)Nc1ccc(CNC(=O)N(C)C(C)c2ccc(F)c(F)c2)cc1. The van der Waals surface area contributed by atoms with E-state index in [0.29, 0.717) is 17.8 Å². The number of hydrogen-bond donors (Lipinski definition) is 2. The summed E-state index contributed by atoms with van der Waals surface area (Å²) in [6, 6.07) is 10.0. The summed E-state index contributed by atoms with van der Waals surface area (Å²) >= 11 is 0. The largest absolute Gasteiger partial charge is 0.334 e. The van der Waals surface area contributed by atoms with E-state index in [0.717, 1.165) is 17.7 Å². The van der Waals surface area contributed by atoms with Gasteiger partial charge in [-0.25, -0.2) is 13.6 Å². The maximum absolute atomic E-state index is 13.4. The number of urea groups is 1. The molecule has 0 saturated carbocycles. The topological polar surface area (TPSA) is 61.4 Å². The van der Waals surface area contributed by atoms with Gasteiger partial charge in [0.15, 0.2) is 11.6 Å². The molecular weight excluding hydrogens is 364 g/mol. The number of rotatable bonds is 6. The Morgan fingerprint density at radius 3 is 2.21 bits per heavy atom. The van der Waals surface area contributed by atoms with E-state index in [2.05, 4.69) is 10.6 Å². The molecule has 0 bridgehead atoms. The summed E-state index contributed by atoms with van der Waals surface area (Å²) < 4.78 is 26.5. The van der Waals surface area contributed by atoms with Crippen LogP contribution in [0.2, 0.25) is 0 Å². The van der Waals surface area contributed by atoms with E-state index in [1.165, 1.54) is 11.0 Å². The van der Waals surface area contributed by atoms with Crippen LogP contribution in [0.1, 0.15) is 37.9 Å². The number of nitrogens with one attached hydrogen (secondary N) is 2. The average molecular weight is 389 g/mol. The minimum atomic E-state index is -0.942. The summed E-state index contributed by atoms with van der Waals surface area (Å²) in [6.45, 7) is 5.67. The normalized spacial score (nSPS) is 11.8. The number of halogens is 2. The van der Waals surface area contributed by atoms with Gasteiger partial charge in [0, 0.05) is 25.2 Å². The van der Waals surface area contributed by atoms with Crippen LogP contribution in [0.5, 0.6) is 0 Å². The summed E-state index contributed by atoms with van der Waals surface area (Å²) in [4.78, 5) is 25.5. The maximum atomic E-state index is 13.4. The Bertz CT molecular complexity index is 838. The van der Waals surface area contributed by atoms with Gasteiger partial charge in [-0.2, -0.15) is 0 Å². The van der Waals surface area contributed by atoms with Crippen molar-refractivity contribution in [2.24, 2.45) is 5.92 Å². The van der Waals surface area contributed by atoms with E-state index in [-0.39, 0.29) is 17.9 Å². The minimum Gasteiger partial charge on any atom is -0.334 e. The van der Waals surface area contributed by atoms with Crippen LogP contribution in [0.4, 0.5) is 19.3 Å². The highest BCUT2D eigenvalue weighted by molar-refractivity contribution is 5.92. The van der Waals surface area contributed by atoms with Crippen molar-refractivity contribution in [3.8, 4) is 0 Å². The number of hydrogen-bond acceptors (Lipinski definition) is 2. The predicted molar refractivity (Wildman–Crippen MR) is 105 cm³/mol. The fourth-order valence-electron chi connectivity index (χ4n) is 2.47. The molecule has 0 spiro atoms. The molecule has 0 radical (unpaired) electrons. The number of nitrogens with zero attached hydrogens (tertiary/aromatic N) is 1. The zero-order valence-electron chi connectivity index (χ0n) is 16.4. The van der Waals surface area contributed by atoms with Crippen molar-refractivity contribution in [1.29, 1.82) is 0 Å². The van der Waals surface area contributed by atoms with Gasteiger partial charge in [0.25, 0.3) is 0 Å². The van der Waals surface area contributed by atoms with E-state index in [1.807, 2.05) is 26.0 Å². The molecule has 3 amide bonds. The Balaban J connectivity index is 1.91. The van der Waals surface area contributed by atoms with Gasteiger partial charge in [0.05, 0.1) is 6.04 Å². The summed E-state index contributed by atoms with van der Waals surface area (Å²) in [5.74, 6) is -2.03. The molecule has 28 heavy (non-hydrogen) atoms. The predicted octanol–water partition coefficient (Wildman–Crippen LogP) is 4.46. The molecule has 5 nitrogen and oxygen atoms in total. The van der Waals surface area contributed by atoms with Crippen LogP contribution < -0.4 is 10.6 Å². The molecule has 2 aromatic rings. The first-order chi connectivity index (χ1) is 13.2. The molecule has 7 heteroatoms. The molecule has 2 aromatic carbocycles. The van der Waals surface area contributed by atoms with Crippen LogP contribution in [-0.2, 0) is 11.3 Å². The lowest BCUT2D eigenvalue weighted by Gasteiger charge is -2.25. The smallest absolute Gasteiger partial charge is 0.317 e. The van der Waals surface area contributed by atoms with Crippen molar-refractivity contribution >= 4 is 17.6 Å². The maximum Gasteiger partial charge on any atom is 0.317 e. The molecule has 0 fully saturated rings. The van der Waals surface area contributed by atoms with Gasteiger partial charge in [-0.05, 0) is 42.3 Å². The standard InChI is InChI=1S/C21H25F2N3O2/c1-13(2)20(27)25-17-8-5-15(6-9-17)12-24-21(28)26(4)14(3)16-7-10-18(22)19(23)11-16/h5-11,13-14H,12H2,1-4H3,(H,24,28)(H,25,27). The molecule has 0 heterocycles. The van der Waals surface area contributed by atoms with Crippen molar-refractivity contribution in [2.75, 3.05) is 12.4 Å². The Hall–Kier alpha value is -2.96. The van der Waals surface area contributed by atoms with Crippen LogP contribution >= 0.6 is 0 Å². The Morgan fingerprint density at radius 1 is 1.00 bits per heavy atom. The molecular formula is C21H25F2N3O2. The second-order valence-corrected chi connectivity index (χ2v) is 6.96. The highest BCUT2D eigenvalue weighted by atomic mass is 19.2. The summed E-state index contributed by atoms with van der Waals surface area (Å²) in [5, 5.41) is 5.59. The second kappa shape index (κ2) is 9.30. The lowest BCUT2D eigenvalue weighted by molar-refractivity contribution is -0.118. The van der Waals surface area contributed by atoms with Crippen LogP contribution in [0.15, 0.2) is 42.5 Å². The number of amides is 3. The van der Waals surface area contributed by atoms with Gasteiger partial charge < -0.3 is 15.5 Å². The zero-order chi connectivity index (χ0) is 20.8. The van der Waals surface area contributed by atoms with Crippen molar-refractivity contribution in [1.82, 2.24) is 10.2 Å². The quantitative estimate of drug-likeness (QED) is 0.766. The molecule has 2 rings (SSSR count). The van der Waals surface area contributed by atoms with Crippen LogP contribution in [-0.4, -0.2) is 23.9 Å². The third kappa shape index (κ3) is 5.52. The highest BCUT2D eigenvalue weighted by Crippen LogP contribution is 2.21. The fourth-order valence-corrected chi connectivity index (χ4v) is 2.47. The third-order valence-electron chi connectivity index (χ3n) is 4.52. The Kier molecular flexibility index (Phi) is 7.09. The van der Waals surface area contributed by atoms with Gasteiger partial charge in [0.1, 0.15) is 0 Å². The zero-order valence-corrected chi connectivity index (χ0v) is 16.4. The van der Waals surface area contributed by atoms with Crippen molar-refractivity contribution in [3.05, 3.63) is 65.2 Å². The number of anilines is 1. The van der Waals surface area contributed by atoms with Crippen molar-refractivity contribution in [3.63, 3.8) is 0 Å². The molecule has 0 aliphatic heterocycles. The van der Waals surface area contributed by atoms with E-state index < -0.39 is 17.7 Å². The van der Waals surface area contributed by atoms with Gasteiger partial charge in [-0.3, -0.25) is 4.79 Å². The van der Waals surface area contributed by atoms with Crippen LogP contribution in [0.25, 0.3) is 0 Å². The molecule has 2 N–H and O–H groups in total. The molecule has 1 unspecified atom stereocenters. The van der Waals surface area contributed by atoms with Crippen LogP contribution in [0.3, 0.4) is 0 Å². The van der Waals surface area contributed by atoms with E-state index in [9.17, 15) is 18.4 Å². The summed E-state index contributed by atoms with van der Waals surface area (Å²) in [5.41, 5.74) is 2.06. The highest BCUT2D eigenvalue weighted by Gasteiger charge is 2.18. The van der Waals surface area contributed by atoms with Gasteiger partial charge in [0.2, 0.25) is 5.91 Å². The number of carbonyl (C=O) groups is 2. The van der Waals surface area contributed by atoms with Gasteiger partial charge >= 0.3 is 6.03 Å². The number of benzene rings is 2. The van der Waals surface area contributed by atoms with Crippen LogP contribution in [0, 0.1) is 17.6 Å². The minimum absolute atomic E-state index is 0.0612. The fraction of sp³-hybridized carbons (Fsp3) is 0.333. The molecule has 0 aliphatic rings. The lowest BCUT2D eigenvalue weighted by Crippen LogP contribution is -2.38. The number of carbonyl (C=O) groups excluding carboxylic acids is 2. The molecule has 0 saturated heterocycles. The molecule has 0 aliphatic carbocycles. The summed E-state index contributed by atoms with van der Waals surface area (Å²) in [6.07, 6.45) is 0. The van der Waals surface area contributed by atoms with Gasteiger partial charge in [-0.15, -0.1) is 0 Å². The summed E-state index contributed by atoms with van der Waals surface area (Å²) in [7, 11) is 1.59. The molecule has 150 valence electrons. The first-order valence-electron chi connectivity index (χ1n) is 9.04. The van der Waals surface area contributed by atoms with E-state index in [1.54, 1.807) is 26.1 Å². The van der Waals surface area contributed by atoms with E-state index >= 15 is 0 Å². The first kappa shape index (κ1) is 21.3.